The minimum Gasteiger partial charge on any atom is -0.373 e. The SMILES string of the molecule is CC1(C)Nc2c(cc(-c3cccc4[nH]cnc34)c3c2CCC3)C(C)(C)C1=O. The Hall–Kier alpha value is -2.62. The molecular formula is C23H25N3O. The monoisotopic (exact) mass is 359 g/mol. The first-order valence-electron chi connectivity index (χ1n) is 9.75. The molecule has 2 aliphatic rings. The van der Waals surface area contributed by atoms with Crippen LogP contribution in [0.4, 0.5) is 5.69 Å². The molecule has 0 bridgehead atoms. The molecule has 27 heavy (non-hydrogen) atoms. The van der Waals surface area contributed by atoms with E-state index in [4.69, 9.17) is 0 Å². The van der Waals surface area contributed by atoms with Crippen LogP contribution in [-0.4, -0.2) is 21.3 Å². The maximum atomic E-state index is 13.2. The number of ketones is 1. The molecule has 0 saturated carbocycles. The van der Waals surface area contributed by atoms with E-state index in [0.717, 1.165) is 41.4 Å². The highest BCUT2D eigenvalue weighted by Crippen LogP contribution is 2.48. The molecule has 4 nitrogen and oxygen atoms in total. The molecule has 3 aromatic rings. The number of Topliss-reactive ketones (excluding diaryl/α,β-unsaturated/α-hetero) is 1. The van der Waals surface area contributed by atoms with Gasteiger partial charge in [-0.1, -0.05) is 12.1 Å². The third kappa shape index (κ3) is 2.16. The molecule has 0 fully saturated rings. The van der Waals surface area contributed by atoms with Gasteiger partial charge in [0.2, 0.25) is 0 Å². The molecule has 2 N–H and O–H groups in total. The molecule has 0 amide bonds. The summed E-state index contributed by atoms with van der Waals surface area (Å²) in [4.78, 5) is 21.0. The molecule has 0 atom stereocenters. The van der Waals surface area contributed by atoms with Crippen molar-refractivity contribution < 1.29 is 4.79 Å². The summed E-state index contributed by atoms with van der Waals surface area (Å²) in [6.45, 7) is 8.13. The number of benzene rings is 2. The van der Waals surface area contributed by atoms with Gasteiger partial charge in [0.25, 0.3) is 0 Å². The molecule has 0 unspecified atom stereocenters. The van der Waals surface area contributed by atoms with Gasteiger partial charge in [-0.25, -0.2) is 4.98 Å². The molecule has 138 valence electrons. The van der Waals surface area contributed by atoms with E-state index in [1.807, 2.05) is 13.8 Å². The number of carbonyl (C=O) groups excluding carboxylic acids is 1. The number of hydrogen-bond donors (Lipinski definition) is 2. The Morgan fingerprint density at radius 2 is 1.81 bits per heavy atom. The number of anilines is 1. The van der Waals surface area contributed by atoms with Crippen molar-refractivity contribution in [3.05, 3.63) is 47.3 Å². The summed E-state index contributed by atoms with van der Waals surface area (Å²) in [6.07, 6.45) is 5.06. The maximum Gasteiger partial charge on any atom is 0.167 e. The fourth-order valence-electron chi connectivity index (χ4n) is 5.11. The van der Waals surface area contributed by atoms with Crippen molar-refractivity contribution in [3.63, 3.8) is 0 Å². The second-order valence-corrected chi connectivity index (χ2v) is 8.97. The average molecular weight is 359 g/mol. The van der Waals surface area contributed by atoms with Gasteiger partial charge in [0.05, 0.1) is 28.3 Å². The van der Waals surface area contributed by atoms with Crippen molar-refractivity contribution in [2.75, 3.05) is 5.32 Å². The van der Waals surface area contributed by atoms with Crippen LogP contribution in [0.15, 0.2) is 30.6 Å². The van der Waals surface area contributed by atoms with Gasteiger partial charge in [0.15, 0.2) is 5.78 Å². The second kappa shape index (κ2) is 5.22. The smallest absolute Gasteiger partial charge is 0.167 e. The Labute approximate surface area is 159 Å². The summed E-state index contributed by atoms with van der Waals surface area (Å²) in [5.41, 5.74) is 8.49. The third-order valence-electron chi connectivity index (χ3n) is 6.39. The van der Waals surface area contributed by atoms with Crippen LogP contribution in [0, 0.1) is 0 Å². The van der Waals surface area contributed by atoms with E-state index in [1.54, 1.807) is 6.33 Å². The van der Waals surface area contributed by atoms with Crippen LogP contribution in [0.1, 0.15) is 50.8 Å². The van der Waals surface area contributed by atoms with Crippen molar-refractivity contribution in [2.45, 2.75) is 57.9 Å². The van der Waals surface area contributed by atoms with Crippen molar-refractivity contribution in [2.24, 2.45) is 0 Å². The normalized spacial score (nSPS) is 19.6. The molecule has 0 spiro atoms. The van der Waals surface area contributed by atoms with Crippen LogP contribution in [0.3, 0.4) is 0 Å². The Morgan fingerprint density at radius 1 is 1.04 bits per heavy atom. The molecule has 1 aliphatic heterocycles. The zero-order chi connectivity index (χ0) is 19.0. The predicted molar refractivity (Wildman–Crippen MR) is 109 cm³/mol. The minimum atomic E-state index is -0.545. The Kier molecular flexibility index (Phi) is 3.20. The highest BCUT2D eigenvalue weighted by atomic mass is 16.1. The summed E-state index contributed by atoms with van der Waals surface area (Å²) in [5.74, 6) is 0.240. The first-order chi connectivity index (χ1) is 12.8. The van der Waals surface area contributed by atoms with Crippen LogP contribution in [-0.2, 0) is 23.1 Å². The molecule has 0 saturated heterocycles. The summed E-state index contributed by atoms with van der Waals surface area (Å²) in [6, 6.07) is 8.54. The van der Waals surface area contributed by atoms with Gasteiger partial charge >= 0.3 is 0 Å². The van der Waals surface area contributed by atoms with Gasteiger partial charge in [0.1, 0.15) is 0 Å². The predicted octanol–water partition coefficient (Wildman–Crippen LogP) is 4.77. The lowest BCUT2D eigenvalue weighted by atomic mass is 9.68. The lowest BCUT2D eigenvalue weighted by Crippen LogP contribution is -2.53. The average Bonchev–Trinajstić information content (AvgIpc) is 3.29. The highest BCUT2D eigenvalue weighted by Gasteiger charge is 2.47. The Bertz CT molecular complexity index is 1100. The highest BCUT2D eigenvalue weighted by molar-refractivity contribution is 6.04. The fraction of sp³-hybridized carbons (Fsp3) is 0.391. The number of aromatic nitrogens is 2. The number of fused-ring (bicyclic) bond motifs is 4. The van der Waals surface area contributed by atoms with E-state index in [2.05, 4.69) is 53.4 Å². The number of hydrogen-bond acceptors (Lipinski definition) is 3. The van der Waals surface area contributed by atoms with Crippen LogP contribution < -0.4 is 5.32 Å². The number of aromatic amines is 1. The van der Waals surface area contributed by atoms with E-state index in [1.165, 1.54) is 22.4 Å². The minimum absolute atomic E-state index is 0.240. The van der Waals surface area contributed by atoms with Crippen molar-refractivity contribution in [1.82, 2.24) is 9.97 Å². The Morgan fingerprint density at radius 3 is 2.63 bits per heavy atom. The van der Waals surface area contributed by atoms with E-state index >= 15 is 0 Å². The van der Waals surface area contributed by atoms with Gasteiger partial charge in [-0.05, 0) is 81.3 Å². The number of para-hydroxylation sites is 1. The number of H-pyrrole nitrogens is 1. The van der Waals surface area contributed by atoms with Crippen LogP contribution in [0.5, 0.6) is 0 Å². The van der Waals surface area contributed by atoms with E-state index < -0.39 is 11.0 Å². The topological polar surface area (TPSA) is 57.8 Å². The van der Waals surface area contributed by atoms with Crippen LogP contribution in [0.2, 0.25) is 0 Å². The largest absolute Gasteiger partial charge is 0.373 e. The van der Waals surface area contributed by atoms with E-state index in [0.29, 0.717) is 0 Å². The summed E-state index contributed by atoms with van der Waals surface area (Å²) >= 11 is 0. The fourth-order valence-corrected chi connectivity index (χ4v) is 5.11. The first-order valence-corrected chi connectivity index (χ1v) is 9.75. The van der Waals surface area contributed by atoms with Gasteiger partial charge in [-0.15, -0.1) is 0 Å². The molecule has 0 radical (unpaired) electrons. The van der Waals surface area contributed by atoms with Crippen molar-refractivity contribution in [1.29, 1.82) is 0 Å². The van der Waals surface area contributed by atoms with Gasteiger partial charge in [-0.2, -0.15) is 0 Å². The molecule has 2 aromatic carbocycles. The van der Waals surface area contributed by atoms with Crippen molar-refractivity contribution in [3.8, 4) is 11.1 Å². The zero-order valence-electron chi connectivity index (χ0n) is 16.4. The Balaban J connectivity index is 1.84. The summed E-state index contributed by atoms with van der Waals surface area (Å²) in [7, 11) is 0. The molecule has 1 aliphatic carbocycles. The summed E-state index contributed by atoms with van der Waals surface area (Å²) < 4.78 is 0. The maximum absolute atomic E-state index is 13.2. The van der Waals surface area contributed by atoms with Crippen LogP contribution >= 0.6 is 0 Å². The standard InChI is InChI=1S/C23H25N3O/c1-22(2)17-11-16(15-9-6-10-18-20(15)25-12-24-18)13-7-5-8-14(13)19(17)26-23(3,4)21(22)27/h6,9-12,26H,5,7-8H2,1-4H3,(H,24,25). The van der Waals surface area contributed by atoms with Crippen LogP contribution in [0.25, 0.3) is 22.2 Å². The second-order valence-electron chi connectivity index (χ2n) is 8.97. The lowest BCUT2D eigenvalue weighted by Gasteiger charge is -2.43. The number of carbonyl (C=O) groups is 1. The molecule has 5 rings (SSSR count). The van der Waals surface area contributed by atoms with Crippen molar-refractivity contribution >= 4 is 22.5 Å². The lowest BCUT2D eigenvalue weighted by molar-refractivity contribution is -0.127. The summed E-state index contributed by atoms with van der Waals surface area (Å²) in [5, 5.41) is 3.58. The van der Waals surface area contributed by atoms with Gasteiger partial charge in [-0.3, -0.25) is 4.79 Å². The molecule has 1 aromatic heterocycles. The first kappa shape index (κ1) is 16.5. The molecular weight excluding hydrogens is 334 g/mol. The van der Waals surface area contributed by atoms with Gasteiger partial charge < -0.3 is 10.3 Å². The van der Waals surface area contributed by atoms with E-state index in [-0.39, 0.29) is 5.78 Å². The molecule has 4 heteroatoms. The number of rotatable bonds is 1. The number of imidazole rings is 1. The third-order valence-corrected chi connectivity index (χ3v) is 6.39. The quantitative estimate of drug-likeness (QED) is 0.658. The molecule has 2 heterocycles. The zero-order valence-corrected chi connectivity index (χ0v) is 16.4. The number of nitrogens with zero attached hydrogens (tertiary/aromatic N) is 1. The van der Waals surface area contributed by atoms with Gasteiger partial charge in [0, 0.05) is 11.3 Å². The number of nitrogens with one attached hydrogen (secondary N) is 2. The van der Waals surface area contributed by atoms with E-state index in [9.17, 15) is 4.79 Å².